The first kappa shape index (κ1) is 11.5. The molecule has 4 nitrogen and oxygen atoms in total. The van der Waals surface area contributed by atoms with Crippen molar-refractivity contribution in [3.63, 3.8) is 0 Å². The smallest absolute Gasteiger partial charge is 0.139 e. The van der Waals surface area contributed by atoms with Gasteiger partial charge in [-0.1, -0.05) is 24.3 Å². The number of aromatic amines is 1. The zero-order valence-corrected chi connectivity index (χ0v) is 11.7. The van der Waals surface area contributed by atoms with Crippen molar-refractivity contribution in [2.45, 2.75) is 0 Å². The van der Waals surface area contributed by atoms with Crippen molar-refractivity contribution in [3.8, 4) is 11.4 Å². The van der Waals surface area contributed by atoms with E-state index in [9.17, 15) is 0 Å². The number of aromatic nitrogens is 4. The molecule has 2 aromatic carbocycles. The highest BCUT2D eigenvalue weighted by Gasteiger charge is 2.08. The minimum Gasteiger partial charge on any atom is -0.338 e. The molecule has 5 rings (SSSR count). The summed E-state index contributed by atoms with van der Waals surface area (Å²) in [7, 11) is 0. The molecule has 0 atom stereocenters. The van der Waals surface area contributed by atoms with E-state index < -0.39 is 0 Å². The first-order chi connectivity index (χ1) is 10.9. The van der Waals surface area contributed by atoms with Gasteiger partial charge in [0.25, 0.3) is 0 Å². The lowest BCUT2D eigenvalue weighted by atomic mass is 10.2. The molecule has 0 aliphatic carbocycles. The maximum absolute atomic E-state index is 4.66. The van der Waals surface area contributed by atoms with E-state index in [-0.39, 0.29) is 0 Å². The summed E-state index contributed by atoms with van der Waals surface area (Å²) in [5.74, 6) is 0.876. The van der Waals surface area contributed by atoms with E-state index >= 15 is 0 Å². The summed E-state index contributed by atoms with van der Waals surface area (Å²) >= 11 is 0. The van der Waals surface area contributed by atoms with Gasteiger partial charge in [0.05, 0.1) is 22.1 Å². The Balaban J connectivity index is 1.78. The second-order valence-corrected chi connectivity index (χ2v) is 5.35. The molecule has 104 valence electrons. The standard InChI is InChI=1S/C18H12N4/c1-2-6-14-13(5-1)20-18(21-14)12-9-10-17-19-15-7-3-4-8-16(15)22(17)11-12/h1-11H,(H,20,21). The average Bonchev–Trinajstić information content (AvgIpc) is 3.15. The van der Waals surface area contributed by atoms with Crippen molar-refractivity contribution < 1.29 is 0 Å². The van der Waals surface area contributed by atoms with Crippen LogP contribution in [0, 0.1) is 0 Å². The van der Waals surface area contributed by atoms with Crippen LogP contribution in [0.1, 0.15) is 0 Å². The van der Waals surface area contributed by atoms with Crippen molar-refractivity contribution in [1.29, 1.82) is 0 Å². The summed E-state index contributed by atoms with van der Waals surface area (Å²) in [5, 5.41) is 0. The van der Waals surface area contributed by atoms with E-state index in [2.05, 4.69) is 37.7 Å². The van der Waals surface area contributed by atoms with Crippen LogP contribution in [-0.2, 0) is 0 Å². The van der Waals surface area contributed by atoms with Crippen LogP contribution in [0.15, 0.2) is 66.9 Å². The highest BCUT2D eigenvalue weighted by molar-refractivity contribution is 5.82. The van der Waals surface area contributed by atoms with E-state index in [1.165, 1.54) is 0 Å². The van der Waals surface area contributed by atoms with Crippen LogP contribution in [0.4, 0.5) is 0 Å². The third kappa shape index (κ3) is 1.58. The molecule has 5 aromatic rings. The van der Waals surface area contributed by atoms with Gasteiger partial charge in [0.2, 0.25) is 0 Å². The fraction of sp³-hybridized carbons (Fsp3) is 0. The molecule has 0 amide bonds. The highest BCUT2D eigenvalue weighted by atomic mass is 15.0. The molecule has 0 unspecified atom stereocenters. The second kappa shape index (κ2) is 4.18. The van der Waals surface area contributed by atoms with E-state index in [4.69, 9.17) is 0 Å². The van der Waals surface area contributed by atoms with Gasteiger partial charge in [-0.3, -0.25) is 4.40 Å². The van der Waals surface area contributed by atoms with Crippen LogP contribution in [0.25, 0.3) is 39.1 Å². The third-order valence-corrected chi connectivity index (χ3v) is 3.97. The molecule has 0 saturated carbocycles. The van der Waals surface area contributed by atoms with Crippen LogP contribution < -0.4 is 0 Å². The molecule has 0 bridgehead atoms. The number of fused-ring (bicyclic) bond motifs is 4. The molecular formula is C18H12N4. The molecule has 0 aliphatic heterocycles. The summed E-state index contributed by atoms with van der Waals surface area (Å²) in [6.45, 7) is 0. The second-order valence-electron chi connectivity index (χ2n) is 5.35. The number of para-hydroxylation sites is 4. The molecule has 0 fully saturated rings. The van der Waals surface area contributed by atoms with Crippen molar-refractivity contribution >= 4 is 27.7 Å². The molecule has 0 spiro atoms. The van der Waals surface area contributed by atoms with E-state index in [1.54, 1.807) is 0 Å². The van der Waals surface area contributed by atoms with E-state index in [1.807, 2.05) is 48.5 Å². The fourth-order valence-corrected chi connectivity index (χ4v) is 2.89. The van der Waals surface area contributed by atoms with Gasteiger partial charge in [-0.15, -0.1) is 0 Å². The molecule has 4 heteroatoms. The first-order valence-electron chi connectivity index (χ1n) is 7.20. The molecule has 0 saturated heterocycles. The van der Waals surface area contributed by atoms with Crippen LogP contribution in [-0.4, -0.2) is 19.4 Å². The normalized spacial score (nSPS) is 11.6. The number of pyridine rings is 1. The van der Waals surface area contributed by atoms with Crippen molar-refractivity contribution in [2.75, 3.05) is 0 Å². The van der Waals surface area contributed by atoms with Gasteiger partial charge in [-0.2, -0.15) is 0 Å². The topological polar surface area (TPSA) is 46.0 Å². The Hall–Kier alpha value is -3.14. The lowest BCUT2D eigenvalue weighted by Gasteiger charge is -1.99. The number of H-pyrrole nitrogens is 1. The highest BCUT2D eigenvalue weighted by Crippen LogP contribution is 2.23. The SMILES string of the molecule is c1ccc2[nH]c(-c3ccc4nc5ccccc5n4c3)nc2c1. The minimum atomic E-state index is 0.876. The predicted octanol–water partition coefficient (Wildman–Crippen LogP) is 4.03. The van der Waals surface area contributed by atoms with Crippen LogP contribution in [0.2, 0.25) is 0 Å². The predicted molar refractivity (Wildman–Crippen MR) is 87.8 cm³/mol. The van der Waals surface area contributed by atoms with Gasteiger partial charge in [-0.25, -0.2) is 9.97 Å². The quantitative estimate of drug-likeness (QED) is 0.505. The number of nitrogens with one attached hydrogen (secondary N) is 1. The number of rotatable bonds is 1. The maximum atomic E-state index is 4.66. The maximum Gasteiger partial charge on any atom is 0.139 e. The Morgan fingerprint density at radius 1 is 0.773 bits per heavy atom. The summed E-state index contributed by atoms with van der Waals surface area (Å²) < 4.78 is 2.11. The number of nitrogens with zero attached hydrogens (tertiary/aromatic N) is 3. The average molecular weight is 284 g/mol. The zero-order chi connectivity index (χ0) is 14.5. The van der Waals surface area contributed by atoms with Gasteiger partial charge >= 0.3 is 0 Å². The summed E-state index contributed by atoms with van der Waals surface area (Å²) in [4.78, 5) is 12.7. The van der Waals surface area contributed by atoms with Crippen molar-refractivity contribution in [2.24, 2.45) is 0 Å². The Bertz CT molecular complexity index is 1100. The Morgan fingerprint density at radius 3 is 2.50 bits per heavy atom. The minimum absolute atomic E-state index is 0.876. The van der Waals surface area contributed by atoms with Gasteiger partial charge in [0, 0.05) is 11.8 Å². The zero-order valence-electron chi connectivity index (χ0n) is 11.7. The number of benzene rings is 2. The molecule has 3 aromatic heterocycles. The number of hydrogen-bond donors (Lipinski definition) is 1. The van der Waals surface area contributed by atoms with Gasteiger partial charge in [0.1, 0.15) is 11.5 Å². The van der Waals surface area contributed by atoms with E-state index in [0.717, 1.165) is 39.1 Å². The molecule has 0 aliphatic rings. The Kier molecular flexibility index (Phi) is 2.19. The molecular weight excluding hydrogens is 272 g/mol. The summed E-state index contributed by atoms with van der Waals surface area (Å²) in [6.07, 6.45) is 2.09. The molecule has 3 heterocycles. The molecule has 22 heavy (non-hydrogen) atoms. The first-order valence-corrected chi connectivity index (χ1v) is 7.20. The lowest BCUT2D eigenvalue weighted by Crippen LogP contribution is -1.88. The Morgan fingerprint density at radius 2 is 1.59 bits per heavy atom. The molecule has 1 N–H and O–H groups in total. The van der Waals surface area contributed by atoms with Crippen LogP contribution in [0.5, 0.6) is 0 Å². The lowest BCUT2D eigenvalue weighted by molar-refractivity contribution is 1.21. The summed E-state index contributed by atoms with van der Waals surface area (Å²) in [6, 6.07) is 20.3. The van der Waals surface area contributed by atoms with Crippen LogP contribution >= 0.6 is 0 Å². The van der Waals surface area contributed by atoms with Gasteiger partial charge in [-0.05, 0) is 36.4 Å². The number of imidazole rings is 2. The van der Waals surface area contributed by atoms with Gasteiger partial charge in [0.15, 0.2) is 0 Å². The third-order valence-electron chi connectivity index (χ3n) is 3.97. The monoisotopic (exact) mass is 284 g/mol. The van der Waals surface area contributed by atoms with E-state index in [0.29, 0.717) is 0 Å². The van der Waals surface area contributed by atoms with Crippen molar-refractivity contribution in [1.82, 2.24) is 19.4 Å². The largest absolute Gasteiger partial charge is 0.338 e. The summed E-state index contributed by atoms with van der Waals surface area (Å²) in [5.41, 5.74) is 6.13. The Labute approximate surface area is 126 Å². The number of hydrogen-bond acceptors (Lipinski definition) is 2. The molecule has 0 radical (unpaired) electrons. The van der Waals surface area contributed by atoms with Gasteiger partial charge < -0.3 is 4.98 Å². The van der Waals surface area contributed by atoms with Crippen molar-refractivity contribution in [3.05, 3.63) is 66.9 Å². The fourth-order valence-electron chi connectivity index (χ4n) is 2.89. The van der Waals surface area contributed by atoms with Crippen LogP contribution in [0.3, 0.4) is 0 Å².